The van der Waals surface area contributed by atoms with Gasteiger partial charge in [0, 0.05) is 11.4 Å². The summed E-state index contributed by atoms with van der Waals surface area (Å²) in [6, 6.07) is 16.7. The highest BCUT2D eigenvalue weighted by Gasteiger charge is 2.02. The Bertz CT molecular complexity index is 647. The first-order chi connectivity index (χ1) is 11.2. The number of carbonyl (C=O) groups excluding carboxylic acids is 1. The number of methoxy groups -OCH3 is 1. The van der Waals surface area contributed by atoms with Crippen LogP contribution in [0.2, 0.25) is 0 Å². The molecule has 2 aromatic carbocycles. The van der Waals surface area contributed by atoms with Crippen LogP contribution in [-0.4, -0.2) is 24.7 Å². The smallest absolute Gasteiger partial charge is 0.257 e. The van der Waals surface area contributed by atoms with Crippen molar-refractivity contribution < 1.29 is 9.53 Å². The molecule has 0 unspecified atom stereocenters. The van der Waals surface area contributed by atoms with Crippen molar-refractivity contribution in [1.29, 1.82) is 0 Å². The van der Waals surface area contributed by atoms with Gasteiger partial charge in [0.1, 0.15) is 5.75 Å². The molecular formula is C16H18N4O2S. The van der Waals surface area contributed by atoms with Crippen molar-refractivity contribution in [3.8, 4) is 5.75 Å². The van der Waals surface area contributed by atoms with E-state index < -0.39 is 0 Å². The van der Waals surface area contributed by atoms with E-state index >= 15 is 0 Å². The fourth-order valence-corrected chi connectivity index (χ4v) is 1.91. The molecule has 0 bridgehead atoms. The van der Waals surface area contributed by atoms with E-state index in [1.165, 1.54) is 0 Å². The molecule has 0 spiro atoms. The molecule has 0 radical (unpaired) electrons. The normalized spacial score (nSPS) is 9.61. The summed E-state index contributed by atoms with van der Waals surface area (Å²) >= 11 is 5.10. The van der Waals surface area contributed by atoms with Crippen LogP contribution < -0.4 is 26.2 Å². The SMILES string of the molecule is COc1ccc(NC(=S)NNC(=O)CNc2ccccc2)cc1. The topological polar surface area (TPSA) is 74.4 Å². The number of nitrogens with one attached hydrogen (secondary N) is 4. The minimum Gasteiger partial charge on any atom is -0.497 e. The Morgan fingerprint density at radius 3 is 2.35 bits per heavy atom. The van der Waals surface area contributed by atoms with Crippen LogP contribution in [0.4, 0.5) is 11.4 Å². The highest BCUT2D eigenvalue weighted by atomic mass is 32.1. The standard InChI is InChI=1S/C16H18N4O2S/c1-22-14-9-7-13(8-10-14)18-16(23)20-19-15(21)11-17-12-5-3-2-4-6-12/h2-10,17H,11H2,1H3,(H,19,21)(H2,18,20,23). The maximum atomic E-state index is 11.7. The molecule has 1 amide bonds. The van der Waals surface area contributed by atoms with Crippen molar-refractivity contribution in [2.75, 3.05) is 24.3 Å². The van der Waals surface area contributed by atoms with E-state index in [1.807, 2.05) is 54.6 Å². The van der Waals surface area contributed by atoms with Crippen molar-refractivity contribution in [3.63, 3.8) is 0 Å². The van der Waals surface area contributed by atoms with Gasteiger partial charge in [-0.05, 0) is 48.6 Å². The van der Waals surface area contributed by atoms with Gasteiger partial charge in [0.2, 0.25) is 0 Å². The molecule has 4 N–H and O–H groups in total. The molecule has 0 heterocycles. The fourth-order valence-electron chi connectivity index (χ4n) is 1.75. The lowest BCUT2D eigenvalue weighted by Crippen LogP contribution is -2.45. The van der Waals surface area contributed by atoms with Gasteiger partial charge in [-0.1, -0.05) is 18.2 Å². The third-order valence-corrected chi connectivity index (χ3v) is 3.09. The summed E-state index contributed by atoms with van der Waals surface area (Å²) in [5.41, 5.74) is 6.83. The largest absolute Gasteiger partial charge is 0.497 e. The third-order valence-electron chi connectivity index (χ3n) is 2.89. The fraction of sp³-hybridized carbons (Fsp3) is 0.125. The van der Waals surface area contributed by atoms with Gasteiger partial charge in [0.15, 0.2) is 5.11 Å². The zero-order valence-electron chi connectivity index (χ0n) is 12.6. The van der Waals surface area contributed by atoms with E-state index in [1.54, 1.807) is 7.11 Å². The van der Waals surface area contributed by atoms with Gasteiger partial charge in [-0.2, -0.15) is 0 Å². The molecule has 2 rings (SSSR count). The number of para-hydroxylation sites is 1. The zero-order chi connectivity index (χ0) is 16.5. The number of hydrazine groups is 1. The first kappa shape index (κ1) is 16.6. The summed E-state index contributed by atoms with van der Waals surface area (Å²) in [6.45, 7) is 0.141. The summed E-state index contributed by atoms with van der Waals surface area (Å²) < 4.78 is 5.08. The van der Waals surface area contributed by atoms with Crippen LogP contribution in [0.1, 0.15) is 0 Å². The Balaban J connectivity index is 1.69. The van der Waals surface area contributed by atoms with Gasteiger partial charge < -0.3 is 15.4 Å². The Morgan fingerprint density at radius 1 is 1.00 bits per heavy atom. The number of thiocarbonyl (C=S) groups is 1. The number of rotatable bonds is 5. The highest BCUT2D eigenvalue weighted by molar-refractivity contribution is 7.80. The Kier molecular flexibility index (Phi) is 6.19. The first-order valence-corrected chi connectivity index (χ1v) is 7.37. The van der Waals surface area contributed by atoms with Crippen molar-refractivity contribution in [1.82, 2.24) is 10.9 Å². The lowest BCUT2D eigenvalue weighted by Gasteiger charge is -2.12. The van der Waals surface area contributed by atoms with E-state index in [-0.39, 0.29) is 12.5 Å². The summed E-state index contributed by atoms with van der Waals surface area (Å²) in [6.07, 6.45) is 0. The molecule has 0 aliphatic heterocycles. The third kappa shape index (κ3) is 5.84. The summed E-state index contributed by atoms with van der Waals surface area (Å²) in [5, 5.41) is 6.25. The zero-order valence-corrected chi connectivity index (χ0v) is 13.4. The molecule has 0 saturated heterocycles. The van der Waals surface area contributed by atoms with E-state index in [0.717, 1.165) is 17.1 Å². The molecule has 6 nitrogen and oxygen atoms in total. The second-order valence-electron chi connectivity index (χ2n) is 4.58. The van der Waals surface area contributed by atoms with Crippen LogP contribution in [0, 0.1) is 0 Å². The van der Waals surface area contributed by atoms with Gasteiger partial charge in [-0.25, -0.2) is 0 Å². The minimum atomic E-state index is -0.229. The maximum absolute atomic E-state index is 11.7. The highest BCUT2D eigenvalue weighted by Crippen LogP contribution is 2.14. The van der Waals surface area contributed by atoms with E-state index in [4.69, 9.17) is 17.0 Å². The van der Waals surface area contributed by atoms with Crippen LogP contribution in [0.25, 0.3) is 0 Å². The van der Waals surface area contributed by atoms with Crippen molar-refractivity contribution >= 4 is 34.6 Å². The molecule has 0 aromatic heterocycles. The number of benzene rings is 2. The number of carbonyl (C=O) groups is 1. The van der Waals surface area contributed by atoms with Gasteiger partial charge in [0.25, 0.3) is 5.91 Å². The molecule has 23 heavy (non-hydrogen) atoms. The quantitative estimate of drug-likeness (QED) is 0.497. The molecule has 120 valence electrons. The predicted molar refractivity (Wildman–Crippen MR) is 95.4 cm³/mol. The molecule has 0 aliphatic carbocycles. The molecule has 0 saturated carbocycles. The summed E-state index contributed by atoms with van der Waals surface area (Å²) in [5.74, 6) is 0.530. The molecule has 0 atom stereocenters. The van der Waals surface area contributed by atoms with Crippen LogP contribution in [0.15, 0.2) is 54.6 Å². The van der Waals surface area contributed by atoms with Crippen molar-refractivity contribution in [2.45, 2.75) is 0 Å². The Labute approximate surface area is 140 Å². The number of amides is 1. The van der Waals surface area contributed by atoms with Crippen molar-refractivity contribution in [3.05, 3.63) is 54.6 Å². The minimum absolute atomic E-state index is 0.141. The number of anilines is 2. The summed E-state index contributed by atoms with van der Waals surface area (Å²) in [7, 11) is 1.60. The monoisotopic (exact) mass is 330 g/mol. The first-order valence-electron chi connectivity index (χ1n) is 6.96. The molecule has 2 aromatic rings. The molecule has 0 aliphatic rings. The second-order valence-corrected chi connectivity index (χ2v) is 4.98. The van der Waals surface area contributed by atoms with E-state index in [2.05, 4.69) is 21.5 Å². The lowest BCUT2D eigenvalue weighted by molar-refractivity contribution is -0.119. The molecule has 0 fully saturated rings. The average Bonchev–Trinajstić information content (AvgIpc) is 2.60. The number of ether oxygens (including phenoxy) is 1. The second kappa shape index (κ2) is 8.60. The lowest BCUT2D eigenvalue weighted by atomic mass is 10.3. The molecule has 7 heteroatoms. The maximum Gasteiger partial charge on any atom is 0.257 e. The van der Waals surface area contributed by atoms with Crippen LogP contribution in [-0.2, 0) is 4.79 Å². The van der Waals surface area contributed by atoms with Crippen LogP contribution >= 0.6 is 12.2 Å². The average molecular weight is 330 g/mol. The van der Waals surface area contributed by atoms with Crippen LogP contribution in [0.3, 0.4) is 0 Å². The van der Waals surface area contributed by atoms with Gasteiger partial charge in [-0.15, -0.1) is 0 Å². The van der Waals surface area contributed by atoms with E-state index in [9.17, 15) is 4.79 Å². The van der Waals surface area contributed by atoms with E-state index in [0.29, 0.717) is 5.11 Å². The van der Waals surface area contributed by atoms with Crippen molar-refractivity contribution in [2.24, 2.45) is 0 Å². The molecular weight excluding hydrogens is 312 g/mol. The Morgan fingerprint density at radius 2 is 1.70 bits per heavy atom. The van der Waals surface area contributed by atoms with Gasteiger partial charge >= 0.3 is 0 Å². The van der Waals surface area contributed by atoms with Gasteiger partial charge in [0.05, 0.1) is 13.7 Å². The number of hydrogen-bond donors (Lipinski definition) is 4. The van der Waals surface area contributed by atoms with Gasteiger partial charge in [-0.3, -0.25) is 15.6 Å². The van der Waals surface area contributed by atoms with Crippen LogP contribution in [0.5, 0.6) is 5.75 Å². The predicted octanol–water partition coefficient (Wildman–Crippen LogP) is 2.12. The summed E-state index contributed by atoms with van der Waals surface area (Å²) in [4.78, 5) is 11.7. The Hall–Kier alpha value is -2.80. The number of hydrogen-bond acceptors (Lipinski definition) is 4.